The van der Waals surface area contributed by atoms with E-state index >= 15 is 0 Å². The molecule has 5 heteroatoms. The van der Waals surface area contributed by atoms with Crippen molar-refractivity contribution in [2.24, 2.45) is 17.8 Å². The number of rotatable bonds is 4. The maximum atomic E-state index is 13.0. The number of nitrogens with one attached hydrogen (secondary N) is 1. The minimum Gasteiger partial charge on any atom is -0.344 e. The fraction of sp³-hybridized carbons (Fsp3) is 0.500. The highest BCUT2D eigenvalue weighted by molar-refractivity contribution is 6.27. The maximum absolute atomic E-state index is 13.0. The minimum atomic E-state index is -0.436. The van der Waals surface area contributed by atoms with Crippen molar-refractivity contribution >= 4 is 29.1 Å². The molecule has 6 atom stereocenters. The van der Waals surface area contributed by atoms with E-state index in [2.05, 4.69) is 36.3 Å². The van der Waals surface area contributed by atoms with E-state index in [9.17, 15) is 4.79 Å². The predicted molar refractivity (Wildman–Crippen MR) is 118 cm³/mol. The van der Waals surface area contributed by atoms with Crippen LogP contribution in [0.15, 0.2) is 54.7 Å². The monoisotopic (exact) mass is 430 g/mol. The Bertz CT molecular complexity index is 858. The molecule has 3 nitrogen and oxygen atoms in total. The Labute approximate surface area is 183 Å². The highest BCUT2D eigenvalue weighted by atomic mass is 35.5. The molecule has 4 rings (SSSR count). The molecule has 154 valence electrons. The third-order valence-corrected chi connectivity index (χ3v) is 7.45. The first-order valence-corrected chi connectivity index (χ1v) is 11.2. The largest absolute Gasteiger partial charge is 0.344 e. The first-order chi connectivity index (χ1) is 13.8. The van der Waals surface area contributed by atoms with Gasteiger partial charge in [0.2, 0.25) is 0 Å². The fourth-order valence-corrected chi connectivity index (χ4v) is 7.27. The summed E-state index contributed by atoms with van der Waals surface area (Å²) in [5.41, 5.74) is 1.50. The zero-order chi connectivity index (χ0) is 20.6. The molecule has 2 fully saturated rings. The Kier molecular flexibility index (Phi) is 5.65. The molecule has 2 aliphatic rings. The lowest BCUT2D eigenvalue weighted by atomic mass is 9.57. The highest BCUT2D eigenvalue weighted by Crippen LogP contribution is 2.59. The quantitative estimate of drug-likeness (QED) is 0.605. The van der Waals surface area contributed by atoms with E-state index in [-0.39, 0.29) is 22.7 Å². The molecule has 1 heterocycles. The van der Waals surface area contributed by atoms with Crippen LogP contribution in [-0.4, -0.2) is 20.6 Å². The average Bonchev–Trinajstić information content (AvgIpc) is 2.66. The van der Waals surface area contributed by atoms with Crippen LogP contribution in [0.3, 0.4) is 0 Å². The number of carbonyl (C=O) groups is 1. The van der Waals surface area contributed by atoms with E-state index in [1.807, 2.05) is 30.3 Å². The average molecular weight is 431 g/mol. The summed E-state index contributed by atoms with van der Waals surface area (Å²) in [7, 11) is 0. The summed E-state index contributed by atoms with van der Waals surface area (Å²) in [6, 6.07) is 15.4. The third kappa shape index (κ3) is 4.32. The van der Waals surface area contributed by atoms with Crippen LogP contribution >= 0.6 is 23.2 Å². The lowest BCUT2D eigenvalue weighted by Crippen LogP contribution is -2.56. The van der Waals surface area contributed by atoms with Gasteiger partial charge in [0.15, 0.2) is 0 Å². The number of pyridine rings is 1. The summed E-state index contributed by atoms with van der Waals surface area (Å²) in [5.74, 6) is 0.846. The maximum Gasteiger partial charge on any atom is 0.270 e. The minimum absolute atomic E-state index is 0.0915. The van der Waals surface area contributed by atoms with Gasteiger partial charge in [0.05, 0.1) is 10.9 Å². The van der Waals surface area contributed by atoms with E-state index in [0.29, 0.717) is 17.5 Å². The molecule has 0 spiro atoms. The van der Waals surface area contributed by atoms with Crippen molar-refractivity contribution < 1.29 is 4.79 Å². The van der Waals surface area contributed by atoms with Crippen LogP contribution < -0.4 is 5.32 Å². The van der Waals surface area contributed by atoms with Crippen LogP contribution in [0.1, 0.15) is 61.6 Å². The van der Waals surface area contributed by atoms with Gasteiger partial charge in [-0.3, -0.25) is 9.78 Å². The van der Waals surface area contributed by atoms with Gasteiger partial charge in [-0.2, -0.15) is 0 Å². The van der Waals surface area contributed by atoms with E-state index in [4.69, 9.17) is 23.2 Å². The Hall–Kier alpha value is -1.58. The topological polar surface area (TPSA) is 42.0 Å². The van der Waals surface area contributed by atoms with Crippen molar-refractivity contribution in [1.29, 1.82) is 0 Å². The molecule has 0 saturated heterocycles. The van der Waals surface area contributed by atoms with Crippen molar-refractivity contribution in [1.82, 2.24) is 10.3 Å². The van der Waals surface area contributed by atoms with Crippen LogP contribution in [0, 0.1) is 17.8 Å². The molecule has 1 aromatic carbocycles. The number of alkyl halides is 2. The molecular formula is C24H28Cl2N2O. The second-order valence-corrected chi connectivity index (χ2v) is 10.9. The molecule has 2 aromatic rings. The van der Waals surface area contributed by atoms with Crippen LogP contribution in [0.2, 0.25) is 0 Å². The summed E-state index contributed by atoms with van der Waals surface area (Å²) in [6.07, 6.45) is 5.44. The first kappa shape index (κ1) is 20.7. The Morgan fingerprint density at radius 2 is 1.86 bits per heavy atom. The van der Waals surface area contributed by atoms with Crippen LogP contribution in [0.25, 0.3) is 0 Å². The van der Waals surface area contributed by atoms with Crippen LogP contribution in [0.5, 0.6) is 0 Å². The number of amides is 1. The first-order valence-electron chi connectivity index (χ1n) is 10.4. The van der Waals surface area contributed by atoms with Crippen molar-refractivity contribution in [3.05, 3.63) is 66.0 Å². The second kappa shape index (κ2) is 7.92. The summed E-state index contributed by atoms with van der Waals surface area (Å²) in [5, 5.41) is 3.28. The second-order valence-electron chi connectivity index (χ2n) is 9.21. The number of halogens is 2. The van der Waals surface area contributed by atoms with Gasteiger partial charge in [0, 0.05) is 17.0 Å². The lowest BCUT2D eigenvalue weighted by molar-refractivity contribution is 0.0472. The number of carbonyl (C=O) groups excluding carboxylic acids is 1. The standard InChI is InChI=1S/C24H28Cl2N2O/c1-16-12-17-13-23(2,25)15-24(26,14-17)20(16)21(18-8-4-3-5-9-18)28-22(29)19-10-6-7-11-27-19/h3-11,16-17,20-21H,12-15H2,1-2H3,(H,28,29)/t16?,17?,20-,21+,23-,24+/m1/s1. The number of hydrogen-bond donors (Lipinski definition) is 1. The van der Waals surface area contributed by atoms with Gasteiger partial charge in [-0.05, 0) is 62.1 Å². The van der Waals surface area contributed by atoms with E-state index in [1.54, 1.807) is 12.3 Å². The molecule has 2 bridgehead atoms. The van der Waals surface area contributed by atoms with Crippen molar-refractivity contribution in [2.75, 3.05) is 0 Å². The molecule has 0 radical (unpaired) electrons. The highest BCUT2D eigenvalue weighted by Gasteiger charge is 2.56. The third-order valence-electron chi connectivity index (χ3n) is 6.62. The SMILES string of the molecule is CC1CC2C[C@@](C)(Cl)C[C@@](Cl)(C2)[C@H]1[C@@H](NC(=O)c1ccccn1)c1ccccc1. The number of hydrogen-bond acceptors (Lipinski definition) is 2. The summed E-state index contributed by atoms with van der Waals surface area (Å²) >= 11 is 14.2. The van der Waals surface area contributed by atoms with Gasteiger partial charge in [-0.15, -0.1) is 23.2 Å². The molecule has 29 heavy (non-hydrogen) atoms. The molecule has 1 N–H and O–H groups in total. The number of fused-ring (bicyclic) bond motifs is 2. The molecule has 1 aromatic heterocycles. The number of nitrogens with zero attached hydrogens (tertiary/aromatic N) is 1. The van der Waals surface area contributed by atoms with Gasteiger partial charge in [-0.25, -0.2) is 0 Å². The zero-order valence-electron chi connectivity index (χ0n) is 16.9. The number of aromatic nitrogens is 1. The van der Waals surface area contributed by atoms with Gasteiger partial charge < -0.3 is 5.32 Å². The molecule has 1 amide bonds. The normalized spacial score (nSPS) is 35.0. The number of benzene rings is 1. The van der Waals surface area contributed by atoms with E-state index < -0.39 is 4.87 Å². The lowest BCUT2D eigenvalue weighted by Gasteiger charge is -2.56. The van der Waals surface area contributed by atoms with Crippen molar-refractivity contribution in [3.8, 4) is 0 Å². The van der Waals surface area contributed by atoms with Gasteiger partial charge >= 0.3 is 0 Å². The molecule has 2 saturated carbocycles. The molecule has 0 aliphatic heterocycles. The Morgan fingerprint density at radius 3 is 2.55 bits per heavy atom. The van der Waals surface area contributed by atoms with Crippen LogP contribution in [-0.2, 0) is 0 Å². The van der Waals surface area contributed by atoms with Crippen molar-refractivity contribution in [3.63, 3.8) is 0 Å². The summed E-state index contributed by atoms with van der Waals surface area (Å²) in [4.78, 5) is 16.5. The Balaban J connectivity index is 1.71. The van der Waals surface area contributed by atoms with Crippen LogP contribution in [0.4, 0.5) is 0 Å². The van der Waals surface area contributed by atoms with Gasteiger partial charge in [0.25, 0.3) is 5.91 Å². The molecular weight excluding hydrogens is 403 g/mol. The van der Waals surface area contributed by atoms with Crippen molar-refractivity contribution in [2.45, 2.75) is 55.3 Å². The summed E-state index contributed by atoms with van der Waals surface area (Å²) in [6.45, 7) is 4.38. The Morgan fingerprint density at radius 1 is 1.14 bits per heavy atom. The molecule has 2 unspecified atom stereocenters. The van der Waals surface area contributed by atoms with E-state index in [0.717, 1.165) is 31.2 Å². The summed E-state index contributed by atoms with van der Waals surface area (Å²) < 4.78 is 0. The van der Waals surface area contributed by atoms with Gasteiger partial charge in [0.1, 0.15) is 5.69 Å². The van der Waals surface area contributed by atoms with E-state index in [1.165, 1.54) is 0 Å². The fourth-order valence-electron chi connectivity index (χ4n) is 5.89. The predicted octanol–water partition coefficient (Wildman–Crippen LogP) is 5.98. The smallest absolute Gasteiger partial charge is 0.270 e. The molecule has 2 aliphatic carbocycles. The zero-order valence-corrected chi connectivity index (χ0v) is 18.5. The van der Waals surface area contributed by atoms with Gasteiger partial charge in [-0.1, -0.05) is 43.3 Å².